The van der Waals surface area contributed by atoms with Crippen molar-refractivity contribution in [2.45, 2.75) is 38.4 Å². The van der Waals surface area contributed by atoms with Crippen molar-refractivity contribution < 1.29 is 4.79 Å². The molecule has 7 heteroatoms. The van der Waals surface area contributed by atoms with Crippen LogP contribution in [-0.4, -0.2) is 37.3 Å². The molecule has 1 amide bonds. The minimum Gasteiger partial charge on any atom is -0.308 e. The molecule has 2 aromatic heterocycles. The topological polar surface area (TPSA) is 63.4 Å². The van der Waals surface area contributed by atoms with E-state index in [0.717, 1.165) is 23.5 Å². The van der Waals surface area contributed by atoms with Gasteiger partial charge in [0.2, 0.25) is 11.1 Å². The number of para-hydroxylation sites is 1. The van der Waals surface area contributed by atoms with Crippen LogP contribution in [0.1, 0.15) is 23.9 Å². The van der Waals surface area contributed by atoms with Crippen LogP contribution in [0.4, 0.5) is 5.69 Å². The normalized spacial score (nSPS) is 16.4. The molecule has 0 saturated carbocycles. The van der Waals surface area contributed by atoms with Crippen LogP contribution in [0.2, 0.25) is 0 Å². The number of fused-ring (bicyclic) bond motifs is 2. The van der Waals surface area contributed by atoms with Crippen molar-refractivity contribution in [1.82, 2.24) is 19.6 Å². The highest BCUT2D eigenvalue weighted by Crippen LogP contribution is 2.32. The number of aromatic nitrogens is 4. The van der Waals surface area contributed by atoms with E-state index in [1.165, 1.54) is 17.3 Å². The van der Waals surface area contributed by atoms with Crippen molar-refractivity contribution in [3.8, 4) is 0 Å². The minimum atomic E-state index is 0.0853. The first-order valence-electron chi connectivity index (χ1n) is 8.26. The molecule has 0 fully saturated rings. The predicted octanol–water partition coefficient (Wildman–Crippen LogP) is 2.81. The predicted molar refractivity (Wildman–Crippen MR) is 98.1 cm³/mol. The summed E-state index contributed by atoms with van der Waals surface area (Å²) in [6, 6.07) is 10.3. The standard InChI is InChI=1S/C18H19N5OS/c1-11-8-13(3)23-17(19-11)20-18(21-23)25-10-16(24)22-12(2)9-14-6-4-5-7-15(14)22/h4-8,12H,9-10H2,1-3H3/t12-/m0/s1. The number of thioether (sulfide) groups is 1. The molecule has 1 aliphatic rings. The van der Waals surface area contributed by atoms with Crippen LogP contribution in [0.15, 0.2) is 35.5 Å². The van der Waals surface area contributed by atoms with E-state index < -0.39 is 0 Å². The maximum Gasteiger partial charge on any atom is 0.253 e. The van der Waals surface area contributed by atoms with Crippen molar-refractivity contribution in [2.24, 2.45) is 0 Å². The molecule has 0 unspecified atom stereocenters. The van der Waals surface area contributed by atoms with Crippen LogP contribution in [0.3, 0.4) is 0 Å². The number of rotatable bonds is 3. The highest BCUT2D eigenvalue weighted by molar-refractivity contribution is 7.99. The average molecular weight is 353 g/mol. The van der Waals surface area contributed by atoms with Crippen LogP contribution in [-0.2, 0) is 11.2 Å². The summed E-state index contributed by atoms with van der Waals surface area (Å²) in [5.41, 5.74) is 4.15. The summed E-state index contributed by atoms with van der Waals surface area (Å²) in [4.78, 5) is 23.5. The van der Waals surface area contributed by atoms with Gasteiger partial charge in [0.1, 0.15) is 0 Å². The van der Waals surface area contributed by atoms with Gasteiger partial charge in [-0.15, -0.1) is 5.10 Å². The average Bonchev–Trinajstić information content (AvgIpc) is 3.12. The lowest BCUT2D eigenvalue weighted by atomic mass is 10.1. The van der Waals surface area contributed by atoms with E-state index in [-0.39, 0.29) is 11.9 Å². The maximum atomic E-state index is 12.8. The molecule has 0 bridgehead atoms. The van der Waals surface area contributed by atoms with E-state index in [2.05, 4.69) is 28.1 Å². The molecule has 0 saturated heterocycles. The van der Waals surface area contributed by atoms with E-state index in [4.69, 9.17) is 0 Å². The third kappa shape index (κ3) is 2.89. The number of hydrogen-bond donors (Lipinski definition) is 0. The van der Waals surface area contributed by atoms with E-state index in [0.29, 0.717) is 16.7 Å². The molecule has 0 radical (unpaired) electrons. The first-order chi connectivity index (χ1) is 12.0. The van der Waals surface area contributed by atoms with Gasteiger partial charge in [-0.1, -0.05) is 30.0 Å². The molecule has 128 valence electrons. The Morgan fingerprint density at radius 1 is 1.28 bits per heavy atom. The van der Waals surface area contributed by atoms with Gasteiger partial charge in [-0.2, -0.15) is 4.98 Å². The van der Waals surface area contributed by atoms with Crippen LogP contribution >= 0.6 is 11.8 Å². The highest BCUT2D eigenvalue weighted by Gasteiger charge is 2.30. The number of carbonyl (C=O) groups excluding carboxylic acids is 1. The Morgan fingerprint density at radius 3 is 2.92 bits per heavy atom. The summed E-state index contributed by atoms with van der Waals surface area (Å²) in [7, 11) is 0. The van der Waals surface area contributed by atoms with Gasteiger partial charge in [-0.05, 0) is 44.9 Å². The van der Waals surface area contributed by atoms with Gasteiger partial charge in [0.25, 0.3) is 5.78 Å². The van der Waals surface area contributed by atoms with E-state index >= 15 is 0 Å². The maximum absolute atomic E-state index is 12.8. The summed E-state index contributed by atoms with van der Waals surface area (Å²) in [6.45, 7) is 5.99. The number of amides is 1. The van der Waals surface area contributed by atoms with E-state index in [9.17, 15) is 4.79 Å². The summed E-state index contributed by atoms with van der Waals surface area (Å²) in [5.74, 6) is 0.975. The zero-order chi connectivity index (χ0) is 17.6. The molecule has 3 aromatic rings. The van der Waals surface area contributed by atoms with Crippen LogP contribution < -0.4 is 4.90 Å². The van der Waals surface area contributed by atoms with Crippen molar-refractivity contribution in [3.63, 3.8) is 0 Å². The van der Waals surface area contributed by atoms with Crippen LogP contribution in [0.5, 0.6) is 0 Å². The molecule has 0 N–H and O–H groups in total. The first kappa shape index (κ1) is 16.1. The van der Waals surface area contributed by atoms with Gasteiger partial charge in [-0.25, -0.2) is 9.50 Å². The van der Waals surface area contributed by atoms with Crippen LogP contribution in [0, 0.1) is 13.8 Å². The number of hydrogen-bond acceptors (Lipinski definition) is 5. The number of aryl methyl sites for hydroxylation is 2. The quantitative estimate of drug-likeness (QED) is 0.678. The van der Waals surface area contributed by atoms with Crippen molar-refractivity contribution in [3.05, 3.63) is 47.3 Å². The lowest BCUT2D eigenvalue weighted by Crippen LogP contribution is -2.37. The lowest BCUT2D eigenvalue weighted by molar-refractivity contribution is -0.116. The molecular weight excluding hydrogens is 334 g/mol. The Hall–Kier alpha value is -2.41. The fourth-order valence-electron chi connectivity index (χ4n) is 3.35. The highest BCUT2D eigenvalue weighted by atomic mass is 32.2. The molecule has 3 heterocycles. The van der Waals surface area contributed by atoms with Gasteiger partial charge in [0, 0.05) is 23.1 Å². The van der Waals surface area contributed by atoms with Crippen LogP contribution in [0.25, 0.3) is 5.78 Å². The zero-order valence-corrected chi connectivity index (χ0v) is 15.2. The number of carbonyl (C=O) groups is 1. The summed E-state index contributed by atoms with van der Waals surface area (Å²) >= 11 is 1.36. The fourth-order valence-corrected chi connectivity index (χ4v) is 4.03. The molecule has 6 nitrogen and oxygen atoms in total. The third-order valence-corrected chi connectivity index (χ3v) is 5.22. The van der Waals surface area contributed by atoms with Crippen molar-refractivity contribution in [1.29, 1.82) is 0 Å². The Morgan fingerprint density at radius 2 is 2.08 bits per heavy atom. The fraction of sp³-hybridized carbons (Fsp3) is 0.333. The van der Waals surface area contributed by atoms with E-state index in [1.807, 2.05) is 43.0 Å². The summed E-state index contributed by atoms with van der Waals surface area (Å²) < 4.78 is 1.72. The monoisotopic (exact) mass is 353 g/mol. The molecule has 0 aliphatic carbocycles. The molecular formula is C18H19N5OS. The zero-order valence-electron chi connectivity index (χ0n) is 14.4. The number of nitrogens with zero attached hydrogens (tertiary/aromatic N) is 5. The Kier molecular flexibility index (Phi) is 3.95. The second kappa shape index (κ2) is 6.15. The molecule has 1 aromatic carbocycles. The van der Waals surface area contributed by atoms with Crippen molar-refractivity contribution in [2.75, 3.05) is 10.7 Å². The SMILES string of the molecule is Cc1cc(C)n2nc(SCC(=O)N3c4ccccc4C[C@@H]3C)nc2n1. The second-order valence-electron chi connectivity index (χ2n) is 6.38. The van der Waals surface area contributed by atoms with Gasteiger partial charge in [-0.3, -0.25) is 4.79 Å². The number of anilines is 1. The second-order valence-corrected chi connectivity index (χ2v) is 7.32. The van der Waals surface area contributed by atoms with Gasteiger partial charge < -0.3 is 4.90 Å². The lowest BCUT2D eigenvalue weighted by Gasteiger charge is -2.22. The van der Waals surface area contributed by atoms with Gasteiger partial charge in [0.05, 0.1) is 5.75 Å². The summed E-state index contributed by atoms with van der Waals surface area (Å²) in [5, 5.41) is 5.03. The molecule has 25 heavy (non-hydrogen) atoms. The molecule has 0 spiro atoms. The Labute approximate surface area is 150 Å². The smallest absolute Gasteiger partial charge is 0.253 e. The van der Waals surface area contributed by atoms with E-state index in [1.54, 1.807) is 4.52 Å². The number of benzene rings is 1. The Balaban J connectivity index is 1.52. The molecule has 4 rings (SSSR count). The largest absolute Gasteiger partial charge is 0.308 e. The van der Waals surface area contributed by atoms with Gasteiger partial charge in [0.15, 0.2) is 0 Å². The minimum absolute atomic E-state index is 0.0853. The van der Waals surface area contributed by atoms with Gasteiger partial charge >= 0.3 is 0 Å². The third-order valence-electron chi connectivity index (χ3n) is 4.40. The summed E-state index contributed by atoms with van der Waals surface area (Å²) in [6.07, 6.45) is 0.904. The Bertz CT molecular complexity index is 967. The first-order valence-corrected chi connectivity index (χ1v) is 9.25. The molecule has 1 aliphatic heterocycles. The molecule has 1 atom stereocenters. The van der Waals surface area contributed by atoms with Crippen molar-refractivity contribution >= 4 is 29.1 Å².